The van der Waals surface area contributed by atoms with Crippen molar-refractivity contribution >= 4 is 17.3 Å². The van der Waals surface area contributed by atoms with Gasteiger partial charge in [0.05, 0.1) is 5.56 Å². The van der Waals surface area contributed by atoms with Gasteiger partial charge in [0, 0.05) is 24.0 Å². The highest BCUT2D eigenvalue weighted by Crippen LogP contribution is 2.29. The van der Waals surface area contributed by atoms with Gasteiger partial charge in [-0.05, 0) is 43.9 Å². The Morgan fingerprint density at radius 3 is 2.89 bits per heavy atom. The average molecular weight is 261 g/mol. The molecule has 1 heterocycles. The van der Waals surface area contributed by atoms with Crippen molar-refractivity contribution in [2.75, 3.05) is 17.2 Å². The maximum Gasteiger partial charge on any atom is 0.250 e. The number of hydrogen-bond acceptors (Lipinski definition) is 3. The molecule has 1 amide bonds. The third-order valence-electron chi connectivity index (χ3n) is 3.88. The summed E-state index contributed by atoms with van der Waals surface area (Å²) in [5, 5.41) is 0. The number of hydrogen-bond donors (Lipinski definition) is 2. The molecule has 4 nitrogen and oxygen atoms in total. The molecule has 1 aromatic carbocycles. The van der Waals surface area contributed by atoms with Gasteiger partial charge in [-0.2, -0.15) is 0 Å². The van der Waals surface area contributed by atoms with E-state index in [0.717, 1.165) is 12.2 Å². The zero-order chi connectivity index (χ0) is 13.8. The van der Waals surface area contributed by atoms with Crippen molar-refractivity contribution in [1.82, 2.24) is 0 Å². The Balaban J connectivity index is 2.28. The van der Waals surface area contributed by atoms with E-state index in [0.29, 0.717) is 17.3 Å². The minimum atomic E-state index is -0.455. The van der Waals surface area contributed by atoms with Gasteiger partial charge in [-0.1, -0.05) is 13.3 Å². The highest BCUT2D eigenvalue weighted by Gasteiger charge is 2.22. The van der Waals surface area contributed by atoms with E-state index in [-0.39, 0.29) is 0 Å². The van der Waals surface area contributed by atoms with Gasteiger partial charge < -0.3 is 16.4 Å². The first-order valence-corrected chi connectivity index (χ1v) is 7.09. The Hall–Kier alpha value is -1.71. The van der Waals surface area contributed by atoms with E-state index in [9.17, 15) is 4.79 Å². The number of nitrogen functional groups attached to an aromatic ring is 1. The summed E-state index contributed by atoms with van der Waals surface area (Å²) >= 11 is 0. The zero-order valence-electron chi connectivity index (χ0n) is 11.6. The summed E-state index contributed by atoms with van der Waals surface area (Å²) in [4.78, 5) is 13.8. The predicted octanol–water partition coefficient (Wildman–Crippen LogP) is 2.53. The lowest BCUT2D eigenvalue weighted by molar-refractivity contribution is 0.100. The topological polar surface area (TPSA) is 72.3 Å². The van der Waals surface area contributed by atoms with Crippen LogP contribution in [-0.2, 0) is 0 Å². The predicted molar refractivity (Wildman–Crippen MR) is 79.3 cm³/mol. The first-order valence-electron chi connectivity index (χ1n) is 7.09. The SMILES string of the molecule is CCCC1CCCCN1c1ccc(N)c(C(N)=O)c1. The second-order valence-electron chi connectivity index (χ2n) is 5.27. The van der Waals surface area contributed by atoms with Crippen LogP contribution in [0.2, 0.25) is 0 Å². The monoisotopic (exact) mass is 261 g/mol. The molecule has 1 aliphatic heterocycles. The van der Waals surface area contributed by atoms with E-state index in [1.165, 1.54) is 32.1 Å². The van der Waals surface area contributed by atoms with Crippen molar-refractivity contribution in [1.29, 1.82) is 0 Å². The highest BCUT2D eigenvalue weighted by molar-refractivity contribution is 5.99. The van der Waals surface area contributed by atoms with Crippen LogP contribution in [0.1, 0.15) is 49.4 Å². The van der Waals surface area contributed by atoms with Crippen LogP contribution in [-0.4, -0.2) is 18.5 Å². The first-order chi connectivity index (χ1) is 9.13. The number of nitrogens with two attached hydrogens (primary N) is 2. The Morgan fingerprint density at radius 1 is 1.42 bits per heavy atom. The van der Waals surface area contributed by atoms with Crippen molar-refractivity contribution in [3.8, 4) is 0 Å². The second-order valence-corrected chi connectivity index (χ2v) is 5.27. The summed E-state index contributed by atoms with van der Waals surface area (Å²) in [5.74, 6) is -0.455. The van der Waals surface area contributed by atoms with Crippen molar-refractivity contribution in [3.05, 3.63) is 23.8 Å². The molecule has 1 unspecified atom stereocenters. The van der Waals surface area contributed by atoms with E-state index in [1.807, 2.05) is 12.1 Å². The molecule has 0 bridgehead atoms. The highest BCUT2D eigenvalue weighted by atomic mass is 16.1. The largest absolute Gasteiger partial charge is 0.398 e. The lowest BCUT2D eigenvalue weighted by Gasteiger charge is -2.38. The van der Waals surface area contributed by atoms with E-state index < -0.39 is 5.91 Å². The van der Waals surface area contributed by atoms with Gasteiger partial charge in [0.15, 0.2) is 0 Å². The summed E-state index contributed by atoms with van der Waals surface area (Å²) in [6.45, 7) is 3.26. The van der Waals surface area contributed by atoms with Gasteiger partial charge in [-0.15, -0.1) is 0 Å². The lowest BCUT2D eigenvalue weighted by atomic mass is 9.97. The van der Waals surface area contributed by atoms with Crippen LogP contribution in [0, 0.1) is 0 Å². The Morgan fingerprint density at radius 2 is 2.21 bits per heavy atom. The minimum absolute atomic E-state index is 0.429. The number of primary amides is 1. The normalized spacial score (nSPS) is 19.4. The summed E-state index contributed by atoms with van der Waals surface area (Å²) < 4.78 is 0. The molecule has 1 atom stereocenters. The molecule has 1 fully saturated rings. The molecule has 19 heavy (non-hydrogen) atoms. The molecule has 1 aliphatic rings. The van der Waals surface area contributed by atoms with Crippen LogP contribution in [0.5, 0.6) is 0 Å². The molecule has 104 valence electrons. The van der Waals surface area contributed by atoms with Crippen molar-refractivity contribution < 1.29 is 4.79 Å². The Labute approximate surface area is 114 Å². The van der Waals surface area contributed by atoms with Crippen LogP contribution in [0.4, 0.5) is 11.4 Å². The zero-order valence-corrected chi connectivity index (χ0v) is 11.6. The molecule has 2 rings (SSSR count). The molecule has 1 saturated heterocycles. The molecular weight excluding hydrogens is 238 g/mol. The smallest absolute Gasteiger partial charge is 0.250 e. The second kappa shape index (κ2) is 5.95. The van der Waals surface area contributed by atoms with Gasteiger partial charge in [-0.3, -0.25) is 4.79 Å². The standard InChI is InChI=1S/C15H23N3O/c1-2-5-11-6-3-4-9-18(11)12-7-8-14(16)13(10-12)15(17)19/h7-8,10-11H,2-6,9,16H2,1H3,(H2,17,19). The van der Waals surface area contributed by atoms with E-state index in [4.69, 9.17) is 11.5 Å². The van der Waals surface area contributed by atoms with Gasteiger partial charge in [0.25, 0.3) is 5.91 Å². The Kier molecular flexibility index (Phi) is 4.30. The van der Waals surface area contributed by atoms with Crippen molar-refractivity contribution in [2.45, 2.75) is 45.1 Å². The fourth-order valence-electron chi connectivity index (χ4n) is 2.91. The van der Waals surface area contributed by atoms with E-state index in [2.05, 4.69) is 11.8 Å². The lowest BCUT2D eigenvalue weighted by Crippen LogP contribution is -2.39. The van der Waals surface area contributed by atoms with E-state index in [1.54, 1.807) is 6.07 Å². The number of benzene rings is 1. The quantitative estimate of drug-likeness (QED) is 0.818. The third kappa shape index (κ3) is 3.00. The molecule has 1 aromatic rings. The fourth-order valence-corrected chi connectivity index (χ4v) is 2.91. The molecule has 4 heteroatoms. The number of carbonyl (C=O) groups excluding carboxylic acids is 1. The number of nitrogens with zero attached hydrogens (tertiary/aromatic N) is 1. The molecule has 0 radical (unpaired) electrons. The molecule has 0 aromatic heterocycles. The van der Waals surface area contributed by atoms with Gasteiger partial charge in [0.2, 0.25) is 0 Å². The fraction of sp³-hybridized carbons (Fsp3) is 0.533. The molecule has 0 saturated carbocycles. The van der Waals surface area contributed by atoms with Crippen molar-refractivity contribution in [3.63, 3.8) is 0 Å². The van der Waals surface area contributed by atoms with Gasteiger partial charge in [0.1, 0.15) is 0 Å². The first kappa shape index (κ1) is 13.7. The van der Waals surface area contributed by atoms with Crippen LogP contribution < -0.4 is 16.4 Å². The van der Waals surface area contributed by atoms with Crippen LogP contribution in [0.3, 0.4) is 0 Å². The minimum Gasteiger partial charge on any atom is -0.398 e. The molecular formula is C15H23N3O. The summed E-state index contributed by atoms with van der Waals surface area (Å²) in [5.41, 5.74) is 13.1. The molecule has 4 N–H and O–H groups in total. The number of carbonyl (C=O) groups is 1. The van der Waals surface area contributed by atoms with Crippen LogP contribution in [0.25, 0.3) is 0 Å². The van der Waals surface area contributed by atoms with Crippen LogP contribution in [0.15, 0.2) is 18.2 Å². The van der Waals surface area contributed by atoms with Gasteiger partial charge >= 0.3 is 0 Å². The Bertz CT molecular complexity index is 457. The number of anilines is 2. The number of piperidine rings is 1. The van der Waals surface area contributed by atoms with E-state index >= 15 is 0 Å². The summed E-state index contributed by atoms with van der Waals surface area (Å²) in [6, 6.07) is 6.19. The number of rotatable bonds is 4. The number of amides is 1. The van der Waals surface area contributed by atoms with Crippen molar-refractivity contribution in [2.24, 2.45) is 5.73 Å². The molecule has 0 spiro atoms. The average Bonchev–Trinajstić information content (AvgIpc) is 2.40. The molecule has 0 aliphatic carbocycles. The van der Waals surface area contributed by atoms with Gasteiger partial charge in [-0.25, -0.2) is 0 Å². The summed E-state index contributed by atoms with van der Waals surface area (Å²) in [7, 11) is 0. The van der Waals surface area contributed by atoms with Crippen LogP contribution >= 0.6 is 0 Å². The summed E-state index contributed by atoms with van der Waals surface area (Å²) in [6.07, 6.45) is 6.09. The maximum absolute atomic E-state index is 11.4. The maximum atomic E-state index is 11.4. The third-order valence-corrected chi connectivity index (χ3v) is 3.88.